The zero-order valence-electron chi connectivity index (χ0n) is 17.2. The molecule has 30 heavy (non-hydrogen) atoms. The van der Waals surface area contributed by atoms with Crippen molar-refractivity contribution in [2.24, 2.45) is 0 Å². The monoisotopic (exact) mass is 425 g/mol. The molecule has 0 aliphatic rings. The summed E-state index contributed by atoms with van der Waals surface area (Å²) in [7, 11) is -3.76. The minimum Gasteiger partial charge on any atom is -0.354 e. The lowest BCUT2D eigenvalue weighted by atomic mass is 10.1. The van der Waals surface area contributed by atoms with Crippen LogP contribution in [0.15, 0.2) is 53.4 Å². The molecule has 3 aromatic rings. The van der Waals surface area contributed by atoms with Gasteiger partial charge in [-0.2, -0.15) is 0 Å². The van der Waals surface area contributed by atoms with Gasteiger partial charge in [0.15, 0.2) is 5.78 Å². The highest BCUT2D eigenvalue weighted by Gasteiger charge is 2.20. The number of aromatic amines is 1. The van der Waals surface area contributed by atoms with Crippen LogP contribution < -0.4 is 10.0 Å². The lowest BCUT2D eigenvalue weighted by Crippen LogP contribution is -2.16. The highest BCUT2D eigenvalue weighted by Crippen LogP contribution is 2.25. The average Bonchev–Trinajstić information content (AvgIpc) is 2.99. The first-order valence-corrected chi connectivity index (χ1v) is 10.8. The van der Waals surface area contributed by atoms with E-state index >= 15 is 0 Å². The van der Waals surface area contributed by atoms with E-state index in [0.717, 1.165) is 0 Å². The second-order valence-electron chi connectivity index (χ2n) is 7.08. The quantitative estimate of drug-likeness (QED) is 0.515. The Hall–Kier alpha value is -3.39. The molecule has 0 bridgehead atoms. The van der Waals surface area contributed by atoms with Crippen LogP contribution in [0.1, 0.15) is 44.6 Å². The first-order chi connectivity index (χ1) is 14.1. The second kappa shape index (κ2) is 8.16. The molecular weight excluding hydrogens is 402 g/mol. The van der Waals surface area contributed by atoms with E-state index < -0.39 is 15.9 Å². The van der Waals surface area contributed by atoms with Crippen LogP contribution in [0.5, 0.6) is 0 Å². The normalized spacial score (nSPS) is 11.2. The first-order valence-electron chi connectivity index (χ1n) is 9.30. The molecule has 3 rings (SSSR count). The summed E-state index contributed by atoms with van der Waals surface area (Å²) in [5.41, 5.74) is 3.50. The van der Waals surface area contributed by atoms with Gasteiger partial charge < -0.3 is 10.3 Å². The van der Waals surface area contributed by atoms with Crippen molar-refractivity contribution >= 4 is 33.1 Å². The Morgan fingerprint density at radius 2 is 1.63 bits per heavy atom. The molecule has 2 aromatic carbocycles. The number of hydrogen-bond donors (Lipinski definition) is 3. The summed E-state index contributed by atoms with van der Waals surface area (Å²) in [5.74, 6) is -0.530. The van der Waals surface area contributed by atoms with Crippen LogP contribution in [0.4, 0.5) is 11.4 Å². The van der Waals surface area contributed by atoms with Crippen LogP contribution in [0, 0.1) is 20.8 Å². The molecule has 8 heteroatoms. The molecule has 156 valence electrons. The summed E-state index contributed by atoms with van der Waals surface area (Å²) in [6, 6.07) is 13.0. The van der Waals surface area contributed by atoms with Crippen molar-refractivity contribution in [2.45, 2.75) is 32.6 Å². The van der Waals surface area contributed by atoms with E-state index in [1.54, 1.807) is 57.2 Å². The molecule has 0 saturated heterocycles. The Morgan fingerprint density at radius 3 is 2.23 bits per heavy atom. The van der Waals surface area contributed by atoms with Gasteiger partial charge >= 0.3 is 0 Å². The highest BCUT2D eigenvalue weighted by molar-refractivity contribution is 7.92. The van der Waals surface area contributed by atoms with Crippen LogP contribution in [0.2, 0.25) is 0 Å². The summed E-state index contributed by atoms with van der Waals surface area (Å²) in [5, 5.41) is 2.76. The third kappa shape index (κ3) is 4.28. The number of rotatable bonds is 6. The van der Waals surface area contributed by atoms with E-state index in [1.807, 2.05) is 0 Å². The standard InChI is InChI=1S/C22H23N3O4S/c1-13-10-11-17(12-19(13)25-30(28,29)18-8-6-5-7-9-18)24-22(27)21-14(2)20(16(4)26)15(3)23-21/h5-12,23,25H,1-4H3,(H,24,27). The molecule has 0 unspecified atom stereocenters. The zero-order chi connectivity index (χ0) is 22.1. The zero-order valence-corrected chi connectivity index (χ0v) is 18.0. The summed E-state index contributed by atoms with van der Waals surface area (Å²) in [6.45, 7) is 6.68. The molecule has 1 amide bonds. The molecule has 7 nitrogen and oxygen atoms in total. The Kier molecular flexibility index (Phi) is 5.80. The van der Waals surface area contributed by atoms with E-state index in [1.165, 1.54) is 19.1 Å². The van der Waals surface area contributed by atoms with E-state index in [-0.39, 0.29) is 10.7 Å². The molecule has 0 radical (unpaired) electrons. The van der Waals surface area contributed by atoms with Crippen LogP contribution in [0.25, 0.3) is 0 Å². The summed E-state index contributed by atoms with van der Waals surface area (Å²) in [6.07, 6.45) is 0. The van der Waals surface area contributed by atoms with Crippen molar-refractivity contribution in [3.05, 3.63) is 76.6 Å². The fraction of sp³-hybridized carbons (Fsp3) is 0.182. The van der Waals surface area contributed by atoms with Crippen molar-refractivity contribution in [3.63, 3.8) is 0 Å². The van der Waals surface area contributed by atoms with Gasteiger partial charge in [-0.15, -0.1) is 0 Å². The molecule has 0 fully saturated rings. The number of benzene rings is 2. The van der Waals surface area contributed by atoms with Gasteiger partial charge in [0, 0.05) is 16.9 Å². The van der Waals surface area contributed by atoms with Gasteiger partial charge in [0.1, 0.15) is 5.69 Å². The Morgan fingerprint density at radius 1 is 0.967 bits per heavy atom. The predicted molar refractivity (Wildman–Crippen MR) is 117 cm³/mol. The molecule has 1 aromatic heterocycles. The number of aryl methyl sites for hydroxylation is 2. The predicted octanol–water partition coefficient (Wildman–Crippen LogP) is 4.20. The Bertz CT molecular complexity index is 1230. The summed E-state index contributed by atoms with van der Waals surface area (Å²) < 4.78 is 27.8. The molecule has 0 saturated carbocycles. The van der Waals surface area contributed by atoms with E-state index in [4.69, 9.17) is 0 Å². The van der Waals surface area contributed by atoms with Crippen LogP contribution in [0.3, 0.4) is 0 Å². The number of sulfonamides is 1. The van der Waals surface area contributed by atoms with Crippen molar-refractivity contribution in [2.75, 3.05) is 10.0 Å². The lowest BCUT2D eigenvalue weighted by molar-refractivity contribution is 0.101. The van der Waals surface area contributed by atoms with Gasteiger partial charge in [-0.3, -0.25) is 14.3 Å². The van der Waals surface area contributed by atoms with Crippen LogP contribution in [-0.2, 0) is 10.0 Å². The molecule has 1 heterocycles. The number of carbonyl (C=O) groups is 2. The number of carbonyl (C=O) groups excluding carboxylic acids is 2. The van der Waals surface area contributed by atoms with Crippen molar-refractivity contribution in [3.8, 4) is 0 Å². The molecule has 3 N–H and O–H groups in total. The van der Waals surface area contributed by atoms with Crippen molar-refractivity contribution in [1.29, 1.82) is 0 Å². The van der Waals surface area contributed by atoms with Gasteiger partial charge in [-0.25, -0.2) is 8.42 Å². The smallest absolute Gasteiger partial charge is 0.272 e. The minimum absolute atomic E-state index is 0.117. The van der Waals surface area contributed by atoms with Gasteiger partial charge in [0.25, 0.3) is 15.9 Å². The van der Waals surface area contributed by atoms with E-state index in [0.29, 0.717) is 39.5 Å². The Labute approximate surface area is 175 Å². The number of Topliss-reactive ketones (excluding diaryl/α,β-unsaturated/α-hetero) is 1. The largest absolute Gasteiger partial charge is 0.354 e. The van der Waals surface area contributed by atoms with Gasteiger partial charge in [-0.05, 0) is 63.1 Å². The SMILES string of the molecule is CC(=O)c1c(C)[nH]c(C(=O)Nc2ccc(C)c(NS(=O)(=O)c3ccccc3)c2)c1C. The first kappa shape index (κ1) is 21.3. The minimum atomic E-state index is -3.76. The maximum Gasteiger partial charge on any atom is 0.272 e. The number of ketones is 1. The topological polar surface area (TPSA) is 108 Å². The summed E-state index contributed by atoms with van der Waals surface area (Å²) in [4.78, 5) is 27.6. The molecule has 0 aliphatic carbocycles. The maximum atomic E-state index is 12.7. The van der Waals surface area contributed by atoms with Gasteiger partial charge in [0.05, 0.1) is 10.6 Å². The highest BCUT2D eigenvalue weighted by atomic mass is 32.2. The number of hydrogen-bond acceptors (Lipinski definition) is 4. The van der Waals surface area contributed by atoms with Crippen molar-refractivity contribution < 1.29 is 18.0 Å². The fourth-order valence-corrected chi connectivity index (χ4v) is 4.45. The number of aromatic nitrogens is 1. The third-order valence-corrected chi connectivity index (χ3v) is 6.19. The van der Waals surface area contributed by atoms with Crippen LogP contribution >= 0.6 is 0 Å². The third-order valence-electron chi connectivity index (χ3n) is 4.81. The fourth-order valence-electron chi connectivity index (χ4n) is 3.31. The molecule has 0 aliphatic heterocycles. The number of H-pyrrole nitrogens is 1. The van der Waals surface area contributed by atoms with Crippen LogP contribution in [-0.4, -0.2) is 25.1 Å². The van der Waals surface area contributed by atoms with Crippen molar-refractivity contribution in [1.82, 2.24) is 4.98 Å². The lowest BCUT2D eigenvalue weighted by Gasteiger charge is -2.13. The molecular formula is C22H23N3O4S. The Balaban J connectivity index is 1.87. The number of anilines is 2. The molecule has 0 spiro atoms. The number of nitrogens with one attached hydrogen (secondary N) is 3. The molecule has 0 atom stereocenters. The van der Waals surface area contributed by atoms with Gasteiger partial charge in [-0.1, -0.05) is 24.3 Å². The average molecular weight is 426 g/mol. The number of amides is 1. The van der Waals surface area contributed by atoms with E-state index in [9.17, 15) is 18.0 Å². The van der Waals surface area contributed by atoms with Gasteiger partial charge in [0.2, 0.25) is 0 Å². The second-order valence-corrected chi connectivity index (χ2v) is 8.77. The summed E-state index contributed by atoms with van der Waals surface area (Å²) >= 11 is 0. The maximum absolute atomic E-state index is 12.7. The van der Waals surface area contributed by atoms with E-state index in [2.05, 4.69) is 15.0 Å².